The Hall–Kier alpha value is -2.01. The fourth-order valence-electron chi connectivity index (χ4n) is 1.80. The zero-order valence-corrected chi connectivity index (χ0v) is 10.4. The minimum atomic E-state index is -2.09. The summed E-state index contributed by atoms with van der Waals surface area (Å²) in [7, 11) is 0. The van der Waals surface area contributed by atoms with Crippen LogP contribution in [0.4, 0.5) is 4.39 Å². The molecule has 100 valence electrons. The van der Waals surface area contributed by atoms with Crippen molar-refractivity contribution >= 4 is 16.9 Å². The molecule has 1 aromatic carbocycles. The molecule has 0 amide bonds. The maximum atomic E-state index is 13.7. The Balaban J connectivity index is 2.25. The van der Waals surface area contributed by atoms with E-state index in [0.717, 1.165) is 10.9 Å². The SMILES string of the molecule is CCOC(=O)C(F)C(O)c1ccc2ncccc2c1. The number of ether oxygens (including phenoxy) is 1. The van der Waals surface area contributed by atoms with E-state index in [1.165, 1.54) is 0 Å². The van der Waals surface area contributed by atoms with Crippen molar-refractivity contribution in [2.45, 2.75) is 19.2 Å². The number of esters is 1. The summed E-state index contributed by atoms with van der Waals surface area (Å²) in [6.45, 7) is 1.66. The van der Waals surface area contributed by atoms with Gasteiger partial charge < -0.3 is 9.84 Å². The third-order valence-corrected chi connectivity index (χ3v) is 2.76. The number of alkyl halides is 1. The van der Waals surface area contributed by atoms with Gasteiger partial charge in [0.05, 0.1) is 12.1 Å². The van der Waals surface area contributed by atoms with E-state index >= 15 is 0 Å². The normalized spacial score (nSPS) is 14.1. The predicted octanol–water partition coefficient (Wildman–Crippen LogP) is 2.17. The third-order valence-electron chi connectivity index (χ3n) is 2.76. The zero-order valence-electron chi connectivity index (χ0n) is 10.4. The van der Waals surface area contributed by atoms with Crippen molar-refractivity contribution in [2.75, 3.05) is 6.61 Å². The lowest BCUT2D eigenvalue weighted by Crippen LogP contribution is -2.26. The molecule has 0 saturated carbocycles. The number of carbonyl (C=O) groups excluding carboxylic acids is 1. The fraction of sp³-hybridized carbons (Fsp3) is 0.286. The van der Waals surface area contributed by atoms with Gasteiger partial charge in [-0.05, 0) is 30.7 Å². The summed E-state index contributed by atoms with van der Waals surface area (Å²) in [6.07, 6.45) is -1.98. The number of aromatic nitrogens is 1. The first-order chi connectivity index (χ1) is 9.13. The van der Waals surface area contributed by atoms with Crippen LogP contribution >= 0.6 is 0 Å². The highest BCUT2D eigenvalue weighted by molar-refractivity contribution is 5.80. The van der Waals surface area contributed by atoms with Gasteiger partial charge in [-0.25, -0.2) is 9.18 Å². The number of nitrogens with zero attached hydrogens (tertiary/aromatic N) is 1. The van der Waals surface area contributed by atoms with Crippen LogP contribution in [0.2, 0.25) is 0 Å². The van der Waals surface area contributed by atoms with Gasteiger partial charge in [-0.1, -0.05) is 12.1 Å². The van der Waals surface area contributed by atoms with Crippen molar-refractivity contribution in [2.24, 2.45) is 0 Å². The summed E-state index contributed by atoms with van der Waals surface area (Å²) < 4.78 is 18.3. The van der Waals surface area contributed by atoms with E-state index in [2.05, 4.69) is 9.72 Å². The van der Waals surface area contributed by atoms with Crippen LogP contribution in [0.3, 0.4) is 0 Å². The highest BCUT2D eigenvalue weighted by Gasteiger charge is 2.29. The lowest BCUT2D eigenvalue weighted by Gasteiger charge is -2.15. The predicted molar refractivity (Wildman–Crippen MR) is 68.2 cm³/mol. The Morgan fingerprint density at radius 2 is 2.26 bits per heavy atom. The number of fused-ring (bicyclic) bond motifs is 1. The molecular weight excluding hydrogens is 249 g/mol. The Bertz CT molecular complexity index is 588. The summed E-state index contributed by atoms with van der Waals surface area (Å²) in [5, 5.41) is 10.6. The number of aliphatic hydroxyl groups excluding tert-OH is 1. The monoisotopic (exact) mass is 263 g/mol. The van der Waals surface area contributed by atoms with Crippen LogP contribution in [0.15, 0.2) is 36.5 Å². The molecule has 2 aromatic rings. The lowest BCUT2D eigenvalue weighted by molar-refractivity contribution is -0.153. The number of hydrogen-bond acceptors (Lipinski definition) is 4. The molecule has 0 radical (unpaired) electrons. The first-order valence-corrected chi connectivity index (χ1v) is 5.97. The lowest BCUT2D eigenvalue weighted by atomic mass is 10.0. The number of hydrogen-bond donors (Lipinski definition) is 1. The quantitative estimate of drug-likeness (QED) is 0.859. The Morgan fingerprint density at radius 1 is 1.47 bits per heavy atom. The summed E-state index contributed by atoms with van der Waals surface area (Å²) in [5.41, 5.74) is 1.06. The van der Waals surface area contributed by atoms with Crippen molar-refractivity contribution in [1.82, 2.24) is 4.98 Å². The van der Waals surface area contributed by atoms with Gasteiger partial charge >= 0.3 is 5.97 Å². The summed E-state index contributed by atoms with van der Waals surface area (Å²) in [6, 6.07) is 8.38. The maximum absolute atomic E-state index is 13.7. The molecule has 0 fully saturated rings. The fourth-order valence-corrected chi connectivity index (χ4v) is 1.80. The second kappa shape index (κ2) is 5.75. The Morgan fingerprint density at radius 3 is 3.00 bits per heavy atom. The first kappa shape index (κ1) is 13.4. The maximum Gasteiger partial charge on any atom is 0.343 e. The van der Waals surface area contributed by atoms with Crippen molar-refractivity contribution in [3.8, 4) is 0 Å². The molecule has 5 heteroatoms. The minimum absolute atomic E-state index is 0.0770. The average Bonchev–Trinajstić information content (AvgIpc) is 2.45. The number of halogens is 1. The molecule has 0 saturated heterocycles. The van der Waals surface area contributed by atoms with Crippen LogP contribution in [0, 0.1) is 0 Å². The molecule has 4 nitrogen and oxygen atoms in total. The Kier molecular flexibility index (Phi) is 4.06. The summed E-state index contributed by atoms with van der Waals surface area (Å²) in [4.78, 5) is 15.4. The molecule has 0 aliphatic heterocycles. The van der Waals surface area contributed by atoms with Crippen LogP contribution in [-0.4, -0.2) is 28.8 Å². The van der Waals surface area contributed by atoms with Crippen molar-refractivity contribution in [3.05, 3.63) is 42.1 Å². The van der Waals surface area contributed by atoms with Crippen molar-refractivity contribution in [3.63, 3.8) is 0 Å². The van der Waals surface area contributed by atoms with Crippen LogP contribution < -0.4 is 0 Å². The molecule has 1 N–H and O–H groups in total. The van der Waals surface area contributed by atoms with Crippen LogP contribution in [0.5, 0.6) is 0 Å². The average molecular weight is 263 g/mol. The van der Waals surface area contributed by atoms with E-state index in [1.54, 1.807) is 43.5 Å². The first-order valence-electron chi connectivity index (χ1n) is 5.97. The molecule has 0 aliphatic carbocycles. The number of carbonyl (C=O) groups is 1. The van der Waals surface area contributed by atoms with Gasteiger partial charge in [-0.15, -0.1) is 0 Å². The smallest absolute Gasteiger partial charge is 0.343 e. The third kappa shape index (κ3) is 2.88. The molecule has 1 heterocycles. The van der Waals surface area contributed by atoms with E-state index in [4.69, 9.17) is 0 Å². The highest BCUT2D eigenvalue weighted by atomic mass is 19.1. The van der Waals surface area contributed by atoms with Crippen LogP contribution in [0.1, 0.15) is 18.6 Å². The van der Waals surface area contributed by atoms with Gasteiger partial charge in [-0.3, -0.25) is 4.98 Å². The van der Waals surface area contributed by atoms with Gasteiger partial charge in [0.15, 0.2) is 0 Å². The van der Waals surface area contributed by atoms with Crippen molar-refractivity contribution in [1.29, 1.82) is 0 Å². The van der Waals surface area contributed by atoms with E-state index in [-0.39, 0.29) is 6.61 Å². The molecule has 0 aliphatic rings. The largest absolute Gasteiger partial charge is 0.464 e. The second-order valence-electron chi connectivity index (χ2n) is 4.05. The number of rotatable bonds is 4. The molecular formula is C14H14FNO3. The molecule has 1 aromatic heterocycles. The molecule has 2 rings (SSSR count). The molecule has 2 atom stereocenters. The summed E-state index contributed by atoms with van der Waals surface area (Å²) >= 11 is 0. The number of benzene rings is 1. The zero-order chi connectivity index (χ0) is 13.8. The van der Waals surface area contributed by atoms with Crippen molar-refractivity contribution < 1.29 is 19.0 Å². The number of aliphatic hydroxyl groups is 1. The number of pyridine rings is 1. The topological polar surface area (TPSA) is 59.4 Å². The molecule has 19 heavy (non-hydrogen) atoms. The molecule has 0 bridgehead atoms. The van der Waals surface area contributed by atoms with E-state index in [1.807, 2.05) is 0 Å². The van der Waals surface area contributed by atoms with Crippen LogP contribution in [-0.2, 0) is 9.53 Å². The molecule has 0 spiro atoms. The minimum Gasteiger partial charge on any atom is -0.464 e. The second-order valence-corrected chi connectivity index (χ2v) is 4.05. The van der Waals surface area contributed by atoms with Gasteiger partial charge in [0.2, 0.25) is 6.17 Å². The van der Waals surface area contributed by atoms with E-state index < -0.39 is 18.2 Å². The van der Waals surface area contributed by atoms with Gasteiger partial charge in [0, 0.05) is 11.6 Å². The van der Waals surface area contributed by atoms with E-state index in [9.17, 15) is 14.3 Å². The standard InChI is InChI=1S/C14H14FNO3/c1-2-19-14(18)12(15)13(17)10-5-6-11-9(8-10)4-3-7-16-11/h3-8,12-13,17H,2H2,1H3. The van der Waals surface area contributed by atoms with Gasteiger partial charge in [-0.2, -0.15) is 0 Å². The molecule has 2 unspecified atom stereocenters. The van der Waals surface area contributed by atoms with E-state index in [0.29, 0.717) is 5.56 Å². The van der Waals surface area contributed by atoms with Gasteiger partial charge in [0.25, 0.3) is 0 Å². The Labute approximate surface area is 109 Å². The highest BCUT2D eigenvalue weighted by Crippen LogP contribution is 2.23. The van der Waals surface area contributed by atoms with Gasteiger partial charge in [0.1, 0.15) is 6.10 Å². The summed E-state index contributed by atoms with van der Waals surface area (Å²) in [5.74, 6) is -1.05. The van der Waals surface area contributed by atoms with Crippen LogP contribution in [0.25, 0.3) is 10.9 Å².